The number of ether oxygens (including phenoxy) is 1. The van der Waals surface area contributed by atoms with E-state index in [-0.39, 0.29) is 31.0 Å². The normalized spacial score (nSPS) is 15.0. The van der Waals surface area contributed by atoms with Gasteiger partial charge in [0.25, 0.3) is 0 Å². The Bertz CT molecular complexity index is 1080. The van der Waals surface area contributed by atoms with Crippen molar-refractivity contribution in [1.82, 2.24) is 9.80 Å². The summed E-state index contributed by atoms with van der Waals surface area (Å²) in [6, 6.07) is 21.8. The van der Waals surface area contributed by atoms with Gasteiger partial charge in [-0.2, -0.15) is 0 Å². The molecule has 1 unspecified atom stereocenters. The van der Waals surface area contributed by atoms with Crippen LogP contribution in [0, 0.1) is 0 Å². The molecule has 170 valence electrons. The summed E-state index contributed by atoms with van der Waals surface area (Å²) in [5, 5.41) is 2.09. The summed E-state index contributed by atoms with van der Waals surface area (Å²) in [6.45, 7) is 4.97. The van der Waals surface area contributed by atoms with Gasteiger partial charge in [0, 0.05) is 18.0 Å². The summed E-state index contributed by atoms with van der Waals surface area (Å²) in [5.74, 6) is -0.289. The zero-order chi connectivity index (χ0) is 23.0. The van der Waals surface area contributed by atoms with Gasteiger partial charge < -0.3 is 14.5 Å². The number of hydrogen-bond donors (Lipinski definition) is 0. The smallest absolute Gasteiger partial charge is 0.249 e. The predicted molar refractivity (Wildman–Crippen MR) is 131 cm³/mol. The molecule has 1 aliphatic heterocycles. The van der Waals surface area contributed by atoms with Crippen LogP contribution in [0.3, 0.4) is 0 Å². The maximum Gasteiger partial charge on any atom is 0.249 e. The van der Waals surface area contributed by atoms with Crippen molar-refractivity contribution in [2.75, 3.05) is 26.2 Å². The number of carbonyl (C=O) groups excluding carboxylic acids is 2. The largest absolute Gasteiger partial charge is 0.367 e. The lowest BCUT2D eigenvalue weighted by molar-refractivity contribution is -0.144. The second-order valence-electron chi connectivity index (χ2n) is 7.99. The van der Waals surface area contributed by atoms with Crippen LogP contribution in [-0.2, 0) is 27.4 Å². The molecular weight excluding hydrogens is 432 g/mol. The molecule has 6 heteroatoms. The maximum absolute atomic E-state index is 13.5. The molecule has 0 saturated carbocycles. The summed E-state index contributed by atoms with van der Waals surface area (Å²) in [6.07, 6.45) is 2.47. The third-order valence-electron chi connectivity index (χ3n) is 5.77. The molecule has 2 amide bonds. The van der Waals surface area contributed by atoms with Crippen LogP contribution in [0.1, 0.15) is 27.6 Å². The second-order valence-corrected chi connectivity index (χ2v) is 8.99. The third-order valence-corrected chi connectivity index (χ3v) is 6.76. The van der Waals surface area contributed by atoms with Crippen molar-refractivity contribution in [2.45, 2.75) is 19.1 Å². The van der Waals surface area contributed by atoms with Gasteiger partial charge in [-0.05, 0) is 34.6 Å². The van der Waals surface area contributed by atoms with Gasteiger partial charge in [-0.3, -0.25) is 9.59 Å². The molecule has 1 atom stereocenters. The summed E-state index contributed by atoms with van der Waals surface area (Å²) in [5.41, 5.74) is 3.26. The molecule has 3 aromatic rings. The molecule has 2 heterocycles. The van der Waals surface area contributed by atoms with Gasteiger partial charge in [-0.15, -0.1) is 17.9 Å². The number of benzene rings is 2. The molecule has 0 radical (unpaired) electrons. The van der Waals surface area contributed by atoms with Crippen LogP contribution in [0.4, 0.5) is 0 Å². The van der Waals surface area contributed by atoms with Gasteiger partial charge in [0.15, 0.2) is 0 Å². The van der Waals surface area contributed by atoms with Crippen LogP contribution < -0.4 is 0 Å². The highest BCUT2D eigenvalue weighted by Crippen LogP contribution is 2.37. The first kappa shape index (κ1) is 23.0. The molecule has 1 aliphatic rings. The lowest BCUT2D eigenvalue weighted by Crippen LogP contribution is -2.47. The zero-order valence-electron chi connectivity index (χ0n) is 18.6. The molecule has 0 spiro atoms. The van der Waals surface area contributed by atoms with Crippen molar-refractivity contribution in [3.63, 3.8) is 0 Å². The van der Waals surface area contributed by atoms with Crippen molar-refractivity contribution >= 4 is 23.2 Å². The van der Waals surface area contributed by atoms with E-state index in [1.54, 1.807) is 17.4 Å². The number of carbonyl (C=O) groups is 2. The Morgan fingerprint density at radius 1 is 1.09 bits per heavy atom. The van der Waals surface area contributed by atoms with E-state index in [9.17, 15) is 9.59 Å². The molecule has 5 nitrogen and oxygen atoms in total. The number of fused-ring (bicyclic) bond motifs is 1. The molecule has 33 heavy (non-hydrogen) atoms. The minimum atomic E-state index is -0.219. The van der Waals surface area contributed by atoms with Gasteiger partial charge in [-0.25, -0.2) is 0 Å². The standard InChI is InChI=1S/C27H28N2O3S/c1-2-15-28(26(31)20-32-19-21-9-5-3-6-10-21)18-25(30)29-16-13-24-23(14-17-33-24)27(29)22-11-7-4-8-12-22/h2-12,14,17,27H,1,13,15-16,18-20H2. The summed E-state index contributed by atoms with van der Waals surface area (Å²) < 4.78 is 5.61. The number of rotatable bonds is 9. The highest BCUT2D eigenvalue weighted by molar-refractivity contribution is 7.10. The fourth-order valence-corrected chi connectivity index (χ4v) is 5.07. The maximum atomic E-state index is 13.5. The first-order chi connectivity index (χ1) is 16.2. The molecule has 0 saturated heterocycles. The predicted octanol–water partition coefficient (Wildman–Crippen LogP) is 4.45. The average Bonchev–Trinajstić information content (AvgIpc) is 3.33. The SMILES string of the molecule is C=CCN(CC(=O)N1CCc2sccc2C1c1ccccc1)C(=O)COCc1ccccc1. The Hall–Kier alpha value is -3.22. The van der Waals surface area contributed by atoms with Gasteiger partial charge in [0.05, 0.1) is 12.6 Å². The second kappa shape index (κ2) is 11.1. The van der Waals surface area contributed by atoms with Crippen molar-refractivity contribution in [3.8, 4) is 0 Å². The van der Waals surface area contributed by atoms with Crippen LogP contribution in [0.2, 0.25) is 0 Å². The van der Waals surface area contributed by atoms with Gasteiger partial charge in [0.1, 0.15) is 13.2 Å². The molecule has 0 aliphatic carbocycles. The van der Waals surface area contributed by atoms with Crippen LogP contribution in [0.25, 0.3) is 0 Å². The van der Waals surface area contributed by atoms with Crippen LogP contribution in [-0.4, -0.2) is 47.9 Å². The first-order valence-corrected chi connectivity index (χ1v) is 12.0. The van der Waals surface area contributed by atoms with E-state index in [0.29, 0.717) is 19.7 Å². The lowest BCUT2D eigenvalue weighted by atomic mass is 9.93. The fourth-order valence-electron chi connectivity index (χ4n) is 4.17. The molecule has 0 N–H and O–H groups in total. The van der Waals surface area contributed by atoms with Crippen molar-refractivity contribution in [1.29, 1.82) is 0 Å². The van der Waals surface area contributed by atoms with Gasteiger partial charge in [-0.1, -0.05) is 66.7 Å². The first-order valence-electron chi connectivity index (χ1n) is 11.1. The monoisotopic (exact) mass is 460 g/mol. The Balaban J connectivity index is 1.44. The highest BCUT2D eigenvalue weighted by Gasteiger charge is 2.33. The Labute approximate surface area is 198 Å². The van der Waals surface area contributed by atoms with Crippen molar-refractivity contribution in [2.24, 2.45) is 0 Å². The molecule has 0 bridgehead atoms. The van der Waals surface area contributed by atoms with E-state index in [1.807, 2.05) is 53.4 Å². The molecule has 4 rings (SSSR count). The van der Waals surface area contributed by atoms with E-state index >= 15 is 0 Å². The average molecular weight is 461 g/mol. The summed E-state index contributed by atoms with van der Waals surface area (Å²) >= 11 is 1.74. The van der Waals surface area contributed by atoms with Gasteiger partial charge >= 0.3 is 0 Å². The van der Waals surface area contributed by atoms with Crippen LogP contribution in [0.5, 0.6) is 0 Å². The topological polar surface area (TPSA) is 49.9 Å². The van der Waals surface area contributed by atoms with E-state index in [2.05, 4.69) is 30.2 Å². The van der Waals surface area contributed by atoms with E-state index in [1.165, 1.54) is 15.3 Å². The Kier molecular flexibility index (Phi) is 7.70. The molecule has 0 fully saturated rings. The number of amides is 2. The number of thiophene rings is 1. The van der Waals surface area contributed by atoms with Crippen LogP contribution >= 0.6 is 11.3 Å². The molecule has 1 aromatic heterocycles. The highest BCUT2D eigenvalue weighted by atomic mass is 32.1. The minimum Gasteiger partial charge on any atom is -0.367 e. The quantitative estimate of drug-likeness (QED) is 0.443. The summed E-state index contributed by atoms with van der Waals surface area (Å²) in [7, 11) is 0. The van der Waals surface area contributed by atoms with E-state index in [0.717, 1.165) is 17.5 Å². The minimum absolute atomic E-state index is 0.00234. The van der Waals surface area contributed by atoms with E-state index < -0.39 is 0 Å². The van der Waals surface area contributed by atoms with Crippen molar-refractivity contribution < 1.29 is 14.3 Å². The fraction of sp³-hybridized carbons (Fsp3) is 0.259. The zero-order valence-corrected chi connectivity index (χ0v) is 19.4. The molecule has 2 aromatic carbocycles. The Morgan fingerprint density at radius 3 is 2.55 bits per heavy atom. The third kappa shape index (κ3) is 5.59. The van der Waals surface area contributed by atoms with Gasteiger partial charge in [0.2, 0.25) is 11.8 Å². The Morgan fingerprint density at radius 2 is 1.82 bits per heavy atom. The molecular formula is C27H28N2O3S. The van der Waals surface area contributed by atoms with Crippen molar-refractivity contribution in [3.05, 3.63) is 106 Å². The van der Waals surface area contributed by atoms with Crippen LogP contribution in [0.15, 0.2) is 84.8 Å². The van der Waals surface area contributed by atoms with E-state index in [4.69, 9.17) is 4.74 Å². The lowest BCUT2D eigenvalue weighted by Gasteiger charge is -2.37. The number of hydrogen-bond acceptors (Lipinski definition) is 4. The summed E-state index contributed by atoms with van der Waals surface area (Å²) in [4.78, 5) is 31.0. The number of nitrogens with zero attached hydrogens (tertiary/aromatic N) is 2.